The highest BCUT2D eigenvalue weighted by Gasteiger charge is 2.34. The minimum atomic E-state index is -3.29. The average Bonchev–Trinajstić information content (AvgIpc) is 2.34. The first-order valence-electron chi connectivity index (χ1n) is 5.44. The fourth-order valence-electron chi connectivity index (χ4n) is 1.46. The van der Waals surface area contributed by atoms with E-state index in [1.54, 1.807) is 0 Å². The first-order chi connectivity index (χ1) is 8.06. The molecule has 0 aliphatic heterocycles. The van der Waals surface area contributed by atoms with E-state index in [9.17, 15) is 13.9 Å². The van der Waals surface area contributed by atoms with Crippen LogP contribution in [0.3, 0.4) is 0 Å². The van der Waals surface area contributed by atoms with Crippen molar-refractivity contribution in [3.8, 4) is 0 Å². The van der Waals surface area contributed by atoms with Crippen LogP contribution in [-0.4, -0.2) is 28.8 Å². The number of rotatable bonds is 6. The molecular weight excluding hydrogens is 226 g/mol. The zero-order chi connectivity index (χ0) is 12.7. The van der Waals surface area contributed by atoms with Crippen LogP contribution < -0.4 is 0 Å². The van der Waals surface area contributed by atoms with Crippen molar-refractivity contribution in [1.29, 1.82) is 0 Å². The van der Waals surface area contributed by atoms with Crippen LogP contribution >= 0.6 is 0 Å². The number of hydrogen-bond donors (Lipinski definition) is 2. The zero-order valence-electron chi connectivity index (χ0n) is 9.39. The number of aryl methyl sites for hydroxylation is 1. The summed E-state index contributed by atoms with van der Waals surface area (Å²) < 4.78 is 26.5. The van der Waals surface area contributed by atoms with Crippen molar-refractivity contribution < 1.29 is 19.0 Å². The highest BCUT2D eigenvalue weighted by Crippen LogP contribution is 2.23. The summed E-state index contributed by atoms with van der Waals surface area (Å²) in [6.45, 7) is -0.457. The normalized spacial score (nSPS) is 14.1. The lowest BCUT2D eigenvalue weighted by Gasteiger charge is -2.19. The van der Waals surface area contributed by atoms with Crippen molar-refractivity contribution in [3.63, 3.8) is 0 Å². The molecular formula is C13H16F2O2. The minimum absolute atomic E-state index is 0.0210. The van der Waals surface area contributed by atoms with Crippen LogP contribution in [0.1, 0.15) is 12.0 Å². The summed E-state index contributed by atoms with van der Waals surface area (Å²) in [5, 5.41) is 17.8. The van der Waals surface area contributed by atoms with Gasteiger partial charge in [0.2, 0.25) is 0 Å². The monoisotopic (exact) mass is 242 g/mol. The third kappa shape index (κ3) is 4.63. The van der Waals surface area contributed by atoms with Crippen LogP contribution in [-0.2, 0) is 6.42 Å². The highest BCUT2D eigenvalue weighted by molar-refractivity contribution is 5.15. The van der Waals surface area contributed by atoms with E-state index in [2.05, 4.69) is 0 Å². The van der Waals surface area contributed by atoms with Gasteiger partial charge in [0.05, 0.1) is 6.61 Å². The van der Waals surface area contributed by atoms with Gasteiger partial charge in [-0.15, -0.1) is 0 Å². The predicted octanol–water partition coefficient (Wildman–Crippen LogP) is 2.16. The minimum Gasteiger partial charge on any atom is -0.392 e. The molecule has 2 nitrogen and oxygen atoms in total. The van der Waals surface area contributed by atoms with Crippen LogP contribution in [0.4, 0.5) is 8.78 Å². The second-order valence-electron chi connectivity index (χ2n) is 3.80. The van der Waals surface area contributed by atoms with Crippen molar-refractivity contribution in [2.45, 2.75) is 24.9 Å². The number of hydrogen-bond acceptors (Lipinski definition) is 2. The molecule has 2 N–H and O–H groups in total. The van der Waals surface area contributed by atoms with E-state index >= 15 is 0 Å². The maximum Gasteiger partial charge on any atom is 0.291 e. The number of benzene rings is 1. The summed E-state index contributed by atoms with van der Waals surface area (Å²) in [6, 6.07) is 9.15. The summed E-state index contributed by atoms with van der Waals surface area (Å²) in [4.78, 5) is 0. The molecule has 0 fully saturated rings. The third-order valence-electron chi connectivity index (χ3n) is 2.44. The third-order valence-corrected chi connectivity index (χ3v) is 2.44. The van der Waals surface area contributed by atoms with Crippen molar-refractivity contribution in [2.24, 2.45) is 0 Å². The molecule has 1 aromatic rings. The lowest BCUT2D eigenvalue weighted by atomic mass is 10.0. The smallest absolute Gasteiger partial charge is 0.291 e. The second-order valence-corrected chi connectivity index (χ2v) is 3.80. The fraction of sp³-hybridized carbons (Fsp3) is 0.385. The van der Waals surface area contributed by atoms with Crippen LogP contribution in [0.5, 0.6) is 0 Å². The standard InChI is InChI=1S/C13H16F2O2/c14-13(15,9-4-10-16)12(17)8-7-11-5-2-1-3-6-11/h1-6,9,12,16-17H,7-8,10H2/b9-4+. The number of halogens is 2. The van der Waals surface area contributed by atoms with Crippen molar-refractivity contribution in [2.75, 3.05) is 6.61 Å². The Balaban J connectivity index is 2.49. The summed E-state index contributed by atoms with van der Waals surface area (Å²) in [7, 11) is 0. The van der Waals surface area contributed by atoms with Crippen LogP contribution in [0, 0.1) is 0 Å². The first kappa shape index (κ1) is 13.8. The number of aliphatic hydroxyl groups is 2. The largest absolute Gasteiger partial charge is 0.392 e. The molecule has 0 bridgehead atoms. The molecule has 1 atom stereocenters. The molecule has 0 saturated heterocycles. The van der Waals surface area contributed by atoms with E-state index in [1.165, 1.54) is 0 Å². The molecule has 1 rings (SSSR count). The van der Waals surface area contributed by atoms with Gasteiger partial charge in [-0.3, -0.25) is 0 Å². The highest BCUT2D eigenvalue weighted by atomic mass is 19.3. The molecule has 0 saturated carbocycles. The Bertz CT molecular complexity index is 350. The Labute approximate surface area is 99.2 Å². The van der Waals surface area contributed by atoms with Gasteiger partial charge in [-0.05, 0) is 24.5 Å². The van der Waals surface area contributed by atoms with Gasteiger partial charge in [-0.25, -0.2) is 0 Å². The Morgan fingerprint density at radius 2 is 1.88 bits per heavy atom. The zero-order valence-corrected chi connectivity index (χ0v) is 9.39. The molecule has 0 heterocycles. The Morgan fingerprint density at radius 3 is 2.47 bits per heavy atom. The van der Waals surface area contributed by atoms with Gasteiger partial charge >= 0.3 is 0 Å². The van der Waals surface area contributed by atoms with E-state index in [4.69, 9.17) is 5.11 Å². The van der Waals surface area contributed by atoms with Crippen molar-refractivity contribution in [1.82, 2.24) is 0 Å². The lowest BCUT2D eigenvalue weighted by Crippen LogP contribution is -2.31. The molecule has 0 spiro atoms. The Morgan fingerprint density at radius 1 is 1.24 bits per heavy atom. The van der Waals surface area contributed by atoms with E-state index in [0.717, 1.165) is 11.6 Å². The van der Waals surface area contributed by atoms with Gasteiger partial charge in [-0.1, -0.05) is 36.4 Å². The van der Waals surface area contributed by atoms with E-state index in [1.807, 2.05) is 30.3 Å². The average molecular weight is 242 g/mol. The van der Waals surface area contributed by atoms with Gasteiger partial charge in [-0.2, -0.15) is 8.78 Å². The maximum absolute atomic E-state index is 13.3. The van der Waals surface area contributed by atoms with Crippen LogP contribution in [0.15, 0.2) is 42.5 Å². The topological polar surface area (TPSA) is 40.5 Å². The summed E-state index contributed by atoms with van der Waals surface area (Å²) in [5.41, 5.74) is 0.911. The molecule has 1 unspecified atom stereocenters. The van der Waals surface area contributed by atoms with E-state index < -0.39 is 18.6 Å². The quantitative estimate of drug-likeness (QED) is 0.750. The van der Waals surface area contributed by atoms with Crippen LogP contribution in [0.2, 0.25) is 0 Å². The molecule has 4 heteroatoms. The van der Waals surface area contributed by atoms with Gasteiger partial charge in [0.25, 0.3) is 5.92 Å². The predicted molar refractivity (Wildman–Crippen MR) is 61.9 cm³/mol. The Kier molecular flexibility index (Phi) is 5.25. The van der Waals surface area contributed by atoms with Gasteiger partial charge < -0.3 is 10.2 Å². The van der Waals surface area contributed by atoms with Gasteiger partial charge in [0, 0.05) is 0 Å². The summed E-state index contributed by atoms with van der Waals surface area (Å²) in [6.07, 6.45) is 0.122. The van der Waals surface area contributed by atoms with Crippen molar-refractivity contribution >= 4 is 0 Å². The number of aliphatic hydroxyl groups excluding tert-OH is 2. The van der Waals surface area contributed by atoms with Crippen LogP contribution in [0.25, 0.3) is 0 Å². The summed E-state index contributed by atoms with van der Waals surface area (Å²) >= 11 is 0. The maximum atomic E-state index is 13.3. The van der Waals surface area contributed by atoms with Gasteiger partial charge in [0.1, 0.15) is 6.10 Å². The summed E-state index contributed by atoms with van der Waals surface area (Å²) in [5.74, 6) is -3.29. The molecule has 17 heavy (non-hydrogen) atoms. The SMILES string of the molecule is OC/C=C/C(F)(F)C(O)CCc1ccccc1. The van der Waals surface area contributed by atoms with E-state index in [-0.39, 0.29) is 6.42 Å². The fourth-order valence-corrected chi connectivity index (χ4v) is 1.46. The van der Waals surface area contributed by atoms with E-state index in [0.29, 0.717) is 12.5 Å². The molecule has 94 valence electrons. The van der Waals surface area contributed by atoms with Crippen molar-refractivity contribution in [3.05, 3.63) is 48.0 Å². The lowest BCUT2D eigenvalue weighted by molar-refractivity contribution is -0.0725. The molecule has 0 amide bonds. The molecule has 0 radical (unpaired) electrons. The number of alkyl halides is 2. The molecule has 0 aromatic heterocycles. The van der Waals surface area contributed by atoms with Gasteiger partial charge in [0.15, 0.2) is 0 Å². The Hall–Kier alpha value is -1.26. The molecule has 0 aliphatic rings. The molecule has 1 aromatic carbocycles. The first-order valence-corrected chi connectivity index (χ1v) is 5.44. The molecule has 0 aliphatic carbocycles. The second kappa shape index (κ2) is 6.47.